The van der Waals surface area contributed by atoms with Crippen molar-refractivity contribution >= 4 is 46.2 Å². The second-order valence-electron chi connectivity index (χ2n) is 4.70. The standard InChI is InChI=1S/C15H12ClN3O3S/c1-9-5-6-13(16)12(7-9)14(20)18-15(23)17-10-3-2-4-11(8-10)19(21)22/h2-8H,1H3,(H2,17,18,20,23). The molecule has 0 aliphatic rings. The molecule has 0 aliphatic heterocycles. The summed E-state index contributed by atoms with van der Waals surface area (Å²) in [6.45, 7) is 1.84. The van der Waals surface area contributed by atoms with E-state index in [9.17, 15) is 14.9 Å². The Labute approximate surface area is 142 Å². The van der Waals surface area contributed by atoms with Gasteiger partial charge in [0.25, 0.3) is 11.6 Å². The Morgan fingerprint density at radius 3 is 2.70 bits per heavy atom. The third-order valence-corrected chi connectivity index (χ3v) is 3.44. The monoisotopic (exact) mass is 349 g/mol. The highest BCUT2D eigenvalue weighted by atomic mass is 35.5. The average Bonchev–Trinajstić information content (AvgIpc) is 2.49. The number of nitrogens with zero attached hydrogens (tertiary/aromatic N) is 1. The number of benzene rings is 2. The van der Waals surface area contributed by atoms with E-state index >= 15 is 0 Å². The largest absolute Gasteiger partial charge is 0.332 e. The average molecular weight is 350 g/mol. The number of anilines is 1. The number of nitro groups is 1. The van der Waals surface area contributed by atoms with Crippen LogP contribution < -0.4 is 10.6 Å². The lowest BCUT2D eigenvalue weighted by Gasteiger charge is -2.10. The highest BCUT2D eigenvalue weighted by Gasteiger charge is 2.13. The van der Waals surface area contributed by atoms with Crippen LogP contribution in [0.3, 0.4) is 0 Å². The van der Waals surface area contributed by atoms with Crippen molar-refractivity contribution in [1.29, 1.82) is 0 Å². The van der Waals surface area contributed by atoms with E-state index in [4.69, 9.17) is 23.8 Å². The lowest BCUT2D eigenvalue weighted by Crippen LogP contribution is -2.34. The molecule has 2 rings (SSSR count). The van der Waals surface area contributed by atoms with Crippen LogP contribution in [-0.2, 0) is 0 Å². The maximum absolute atomic E-state index is 12.2. The quantitative estimate of drug-likeness (QED) is 0.501. The summed E-state index contributed by atoms with van der Waals surface area (Å²) in [6.07, 6.45) is 0. The van der Waals surface area contributed by atoms with E-state index in [2.05, 4.69) is 10.6 Å². The predicted molar refractivity (Wildman–Crippen MR) is 93.0 cm³/mol. The van der Waals surface area contributed by atoms with Crippen LogP contribution in [0.15, 0.2) is 42.5 Å². The van der Waals surface area contributed by atoms with Crippen molar-refractivity contribution in [1.82, 2.24) is 5.32 Å². The van der Waals surface area contributed by atoms with Crippen LogP contribution in [0.1, 0.15) is 15.9 Å². The van der Waals surface area contributed by atoms with Gasteiger partial charge in [0.2, 0.25) is 0 Å². The lowest BCUT2D eigenvalue weighted by molar-refractivity contribution is -0.384. The summed E-state index contributed by atoms with van der Waals surface area (Å²) < 4.78 is 0. The van der Waals surface area contributed by atoms with Gasteiger partial charge in [-0.05, 0) is 37.3 Å². The Morgan fingerprint density at radius 2 is 2.00 bits per heavy atom. The fourth-order valence-electron chi connectivity index (χ4n) is 1.84. The molecule has 0 spiro atoms. The molecule has 2 aromatic rings. The van der Waals surface area contributed by atoms with Crippen LogP contribution >= 0.6 is 23.8 Å². The summed E-state index contributed by atoms with van der Waals surface area (Å²) in [5.74, 6) is -0.457. The van der Waals surface area contributed by atoms with E-state index in [-0.39, 0.29) is 10.8 Å². The number of aryl methyl sites for hydroxylation is 1. The number of non-ortho nitro benzene ring substituents is 1. The van der Waals surface area contributed by atoms with E-state index < -0.39 is 10.8 Å². The molecule has 6 nitrogen and oxygen atoms in total. The molecule has 0 saturated heterocycles. The number of rotatable bonds is 3. The second-order valence-corrected chi connectivity index (χ2v) is 5.51. The number of hydrogen-bond acceptors (Lipinski definition) is 4. The van der Waals surface area contributed by atoms with Gasteiger partial charge in [0.05, 0.1) is 15.5 Å². The van der Waals surface area contributed by atoms with Crippen LogP contribution in [0.25, 0.3) is 0 Å². The van der Waals surface area contributed by atoms with Crippen molar-refractivity contribution in [3.05, 3.63) is 68.7 Å². The van der Waals surface area contributed by atoms with Gasteiger partial charge in [-0.1, -0.05) is 29.3 Å². The van der Waals surface area contributed by atoms with Gasteiger partial charge in [-0.15, -0.1) is 0 Å². The smallest absolute Gasteiger partial charge is 0.271 e. The summed E-state index contributed by atoms with van der Waals surface area (Å²) in [4.78, 5) is 22.4. The Balaban J connectivity index is 2.07. The number of carbonyl (C=O) groups excluding carboxylic acids is 1. The van der Waals surface area contributed by atoms with Gasteiger partial charge in [-0.25, -0.2) is 0 Å². The third-order valence-electron chi connectivity index (χ3n) is 2.91. The van der Waals surface area contributed by atoms with Crippen molar-refractivity contribution in [2.75, 3.05) is 5.32 Å². The number of carbonyl (C=O) groups is 1. The van der Waals surface area contributed by atoms with Crippen LogP contribution in [0, 0.1) is 17.0 Å². The molecule has 0 fully saturated rings. The van der Waals surface area contributed by atoms with Crippen molar-refractivity contribution in [3.63, 3.8) is 0 Å². The van der Waals surface area contributed by atoms with Gasteiger partial charge in [-0.2, -0.15) is 0 Å². The first-order chi connectivity index (χ1) is 10.9. The van der Waals surface area contributed by atoms with Crippen molar-refractivity contribution in [3.8, 4) is 0 Å². The van der Waals surface area contributed by atoms with Gasteiger partial charge < -0.3 is 5.32 Å². The molecule has 0 aromatic heterocycles. The van der Waals surface area contributed by atoms with E-state index in [0.717, 1.165) is 5.56 Å². The van der Waals surface area contributed by atoms with E-state index in [1.54, 1.807) is 24.3 Å². The molecule has 2 N–H and O–H groups in total. The van der Waals surface area contributed by atoms with Gasteiger partial charge in [-0.3, -0.25) is 20.2 Å². The summed E-state index contributed by atoms with van der Waals surface area (Å²) >= 11 is 11.0. The number of hydrogen-bond donors (Lipinski definition) is 2. The van der Waals surface area contributed by atoms with Crippen LogP contribution in [-0.4, -0.2) is 15.9 Å². The Bertz CT molecular complexity index is 795. The predicted octanol–water partition coefficient (Wildman–Crippen LogP) is 3.68. The minimum absolute atomic E-state index is 0.0214. The molecular formula is C15H12ClN3O3S. The molecule has 118 valence electrons. The van der Waals surface area contributed by atoms with Crippen molar-refractivity contribution in [2.24, 2.45) is 0 Å². The molecule has 0 unspecified atom stereocenters. The first kappa shape index (κ1) is 16.9. The molecule has 0 atom stereocenters. The minimum atomic E-state index is -0.515. The molecular weight excluding hydrogens is 338 g/mol. The highest BCUT2D eigenvalue weighted by Crippen LogP contribution is 2.18. The van der Waals surface area contributed by atoms with Crippen molar-refractivity contribution in [2.45, 2.75) is 6.92 Å². The van der Waals surface area contributed by atoms with Gasteiger partial charge in [0.1, 0.15) is 0 Å². The van der Waals surface area contributed by atoms with E-state index in [1.165, 1.54) is 18.2 Å². The zero-order valence-electron chi connectivity index (χ0n) is 12.0. The van der Waals surface area contributed by atoms with Crippen LogP contribution in [0.5, 0.6) is 0 Å². The molecule has 0 radical (unpaired) electrons. The Hall–Kier alpha value is -2.51. The number of thiocarbonyl (C=S) groups is 1. The van der Waals surface area contributed by atoms with Gasteiger partial charge in [0, 0.05) is 17.8 Å². The fourth-order valence-corrected chi connectivity index (χ4v) is 2.26. The van der Waals surface area contributed by atoms with Gasteiger partial charge in [0.15, 0.2) is 5.11 Å². The number of nitrogens with one attached hydrogen (secondary N) is 2. The van der Waals surface area contributed by atoms with Gasteiger partial charge >= 0.3 is 0 Å². The Morgan fingerprint density at radius 1 is 1.26 bits per heavy atom. The van der Waals surface area contributed by atoms with Crippen molar-refractivity contribution < 1.29 is 9.72 Å². The number of amides is 1. The maximum Gasteiger partial charge on any atom is 0.271 e. The molecule has 0 aliphatic carbocycles. The molecule has 0 bridgehead atoms. The topological polar surface area (TPSA) is 84.3 Å². The molecule has 23 heavy (non-hydrogen) atoms. The normalized spacial score (nSPS) is 10.0. The van der Waals surface area contributed by atoms with E-state index in [0.29, 0.717) is 16.3 Å². The second kappa shape index (κ2) is 7.17. The summed E-state index contributed by atoms with van der Waals surface area (Å²) in [7, 11) is 0. The summed E-state index contributed by atoms with van der Waals surface area (Å²) in [5.41, 5.74) is 1.51. The third kappa shape index (κ3) is 4.48. The fraction of sp³-hybridized carbons (Fsp3) is 0.0667. The highest BCUT2D eigenvalue weighted by molar-refractivity contribution is 7.80. The summed E-state index contributed by atoms with van der Waals surface area (Å²) in [6, 6.07) is 10.9. The molecule has 0 saturated carbocycles. The SMILES string of the molecule is Cc1ccc(Cl)c(C(=O)NC(=S)Nc2cccc([N+](=O)[O-])c2)c1. The zero-order valence-corrected chi connectivity index (χ0v) is 13.6. The maximum atomic E-state index is 12.2. The minimum Gasteiger partial charge on any atom is -0.332 e. The number of nitro benzene ring substituents is 1. The van der Waals surface area contributed by atoms with Crippen LogP contribution in [0.2, 0.25) is 5.02 Å². The molecule has 0 heterocycles. The Kier molecular flexibility index (Phi) is 5.25. The van der Waals surface area contributed by atoms with E-state index in [1.807, 2.05) is 6.92 Å². The zero-order chi connectivity index (χ0) is 17.0. The lowest BCUT2D eigenvalue weighted by atomic mass is 10.1. The number of halogens is 1. The molecule has 2 aromatic carbocycles. The van der Waals surface area contributed by atoms with Crippen LogP contribution in [0.4, 0.5) is 11.4 Å². The molecule has 8 heteroatoms. The molecule has 1 amide bonds. The first-order valence-electron chi connectivity index (χ1n) is 6.50. The summed E-state index contributed by atoms with van der Waals surface area (Å²) in [5, 5.41) is 16.3. The first-order valence-corrected chi connectivity index (χ1v) is 7.28.